The predicted molar refractivity (Wildman–Crippen MR) is 150 cm³/mol. The second-order valence-electron chi connectivity index (χ2n) is 11.3. The van der Waals surface area contributed by atoms with Gasteiger partial charge in [0.1, 0.15) is 18.0 Å². The van der Waals surface area contributed by atoms with Crippen LogP contribution in [0.25, 0.3) is 0 Å². The molecule has 2 atom stereocenters. The fourth-order valence-electron chi connectivity index (χ4n) is 4.90. The molecule has 0 spiro atoms. The Labute approximate surface area is 232 Å². The first-order valence-electron chi connectivity index (χ1n) is 14.0. The first-order chi connectivity index (χ1) is 18.7. The van der Waals surface area contributed by atoms with Crippen LogP contribution in [0.1, 0.15) is 76.8 Å². The van der Waals surface area contributed by atoms with E-state index in [0.29, 0.717) is 12.8 Å². The van der Waals surface area contributed by atoms with E-state index in [1.807, 2.05) is 42.5 Å². The summed E-state index contributed by atoms with van der Waals surface area (Å²) in [4.78, 5) is 40.1. The average molecular weight is 538 g/mol. The van der Waals surface area contributed by atoms with Crippen LogP contribution in [0.4, 0.5) is 4.79 Å². The van der Waals surface area contributed by atoms with Crippen LogP contribution in [0, 0.1) is 5.92 Å². The van der Waals surface area contributed by atoms with Gasteiger partial charge in [-0.3, -0.25) is 9.59 Å². The van der Waals surface area contributed by atoms with Crippen molar-refractivity contribution >= 4 is 18.0 Å². The van der Waals surface area contributed by atoms with Crippen molar-refractivity contribution in [3.8, 4) is 5.75 Å². The number of amides is 2. The Morgan fingerprint density at radius 2 is 1.62 bits per heavy atom. The quantitative estimate of drug-likeness (QED) is 0.202. The van der Waals surface area contributed by atoms with Crippen LogP contribution in [0.2, 0.25) is 0 Å². The molecule has 0 N–H and O–H groups in total. The monoisotopic (exact) mass is 537 g/mol. The number of carbonyl (C=O) groups excluding carboxylic acids is 3. The molecule has 1 saturated heterocycles. The molecule has 2 amide bonds. The third kappa shape index (κ3) is 10.0. The van der Waals surface area contributed by atoms with E-state index in [1.165, 1.54) is 10.5 Å². The van der Waals surface area contributed by atoms with Crippen LogP contribution < -0.4 is 4.74 Å². The van der Waals surface area contributed by atoms with Crippen molar-refractivity contribution < 1.29 is 28.6 Å². The Hall–Kier alpha value is -3.35. The standard InChI is InChI=1S/C32H43NO6/c1-32(2,3)39-29(34)22-26(16-12-7-5-6-9-13-24-17-19-28(37-4)20-18-24)30(35)33-27(23-38-31(33)36)21-25-14-10-8-11-15-25/h8,10-11,14-15,17-20,26-27H,5-7,9,12-13,16,21-23H2,1-4H3/t26-,27+/m1/s1. The van der Waals surface area contributed by atoms with Crippen molar-refractivity contribution in [3.05, 3.63) is 65.7 Å². The normalized spacial score (nSPS) is 16.1. The highest BCUT2D eigenvalue weighted by atomic mass is 16.6. The first-order valence-corrected chi connectivity index (χ1v) is 14.0. The van der Waals surface area contributed by atoms with Crippen LogP contribution in [0.3, 0.4) is 0 Å². The van der Waals surface area contributed by atoms with Gasteiger partial charge in [-0.25, -0.2) is 9.69 Å². The summed E-state index contributed by atoms with van der Waals surface area (Å²) in [7, 11) is 1.67. The summed E-state index contributed by atoms with van der Waals surface area (Å²) in [6.07, 6.45) is 6.37. The number of methoxy groups -OCH3 is 1. The third-order valence-electron chi connectivity index (χ3n) is 6.87. The Morgan fingerprint density at radius 3 is 2.28 bits per heavy atom. The highest BCUT2D eigenvalue weighted by Gasteiger charge is 2.41. The van der Waals surface area contributed by atoms with E-state index in [1.54, 1.807) is 27.9 Å². The number of carbonyl (C=O) groups is 3. The third-order valence-corrected chi connectivity index (χ3v) is 6.87. The molecule has 0 aliphatic carbocycles. The maximum absolute atomic E-state index is 13.6. The Bertz CT molecular complexity index is 1060. The van der Waals surface area contributed by atoms with Gasteiger partial charge >= 0.3 is 12.1 Å². The molecule has 0 radical (unpaired) electrons. The largest absolute Gasteiger partial charge is 0.497 e. The van der Waals surface area contributed by atoms with Gasteiger partial charge < -0.3 is 14.2 Å². The summed E-state index contributed by atoms with van der Waals surface area (Å²) in [5.41, 5.74) is 1.68. The molecule has 7 nitrogen and oxygen atoms in total. The molecule has 7 heteroatoms. The maximum atomic E-state index is 13.6. The van der Waals surface area contributed by atoms with Gasteiger partial charge in [0.25, 0.3) is 0 Å². The van der Waals surface area contributed by atoms with E-state index in [0.717, 1.165) is 49.8 Å². The smallest absolute Gasteiger partial charge is 0.416 e. The lowest BCUT2D eigenvalue weighted by atomic mass is 9.94. The number of rotatable bonds is 14. The van der Waals surface area contributed by atoms with E-state index in [9.17, 15) is 14.4 Å². The average Bonchev–Trinajstić information content (AvgIpc) is 3.26. The van der Waals surface area contributed by atoms with Crippen molar-refractivity contribution in [1.82, 2.24) is 4.90 Å². The van der Waals surface area contributed by atoms with Crippen molar-refractivity contribution in [1.29, 1.82) is 0 Å². The fraction of sp³-hybridized carbons (Fsp3) is 0.531. The number of cyclic esters (lactones) is 1. The van der Waals surface area contributed by atoms with Gasteiger partial charge in [0.2, 0.25) is 5.91 Å². The van der Waals surface area contributed by atoms with Gasteiger partial charge in [0.05, 0.1) is 19.6 Å². The topological polar surface area (TPSA) is 82.1 Å². The van der Waals surface area contributed by atoms with E-state index in [2.05, 4.69) is 12.1 Å². The summed E-state index contributed by atoms with van der Waals surface area (Å²) >= 11 is 0. The Morgan fingerprint density at radius 1 is 0.949 bits per heavy atom. The number of esters is 1. The zero-order valence-corrected chi connectivity index (χ0v) is 23.8. The van der Waals surface area contributed by atoms with Gasteiger partial charge in [-0.1, -0.05) is 68.1 Å². The fourth-order valence-corrected chi connectivity index (χ4v) is 4.90. The summed E-state index contributed by atoms with van der Waals surface area (Å²) in [6.45, 7) is 5.58. The molecule has 39 heavy (non-hydrogen) atoms. The van der Waals surface area contributed by atoms with Gasteiger partial charge in [0.15, 0.2) is 0 Å². The second-order valence-corrected chi connectivity index (χ2v) is 11.3. The zero-order valence-electron chi connectivity index (χ0n) is 23.8. The summed E-state index contributed by atoms with van der Waals surface area (Å²) in [6, 6.07) is 17.5. The maximum Gasteiger partial charge on any atom is 0.416 e. The highest BCUT2D eigenvalue weighted by molar-refractivity contribution is 5.96. The lowest BCUT2D eigenvalue weighted by Gasteiger charge is -2.26. The van der Waals surface area contributed by atoms with Gasteiger partial charge in [0, 0.05) is 5.92 Å². The molecule has 0 saturated carbocycles. The van der Waals surface area contributed by atoms with Gasteiger partial charge in [-0.05, 0) is 69.7 Å². The molecule has 2 aromatic carbocycles. The molecule has 2 aromatic rings. The Balaban J connectivity index is 1.54. The summed E-state index contributed by atoms with van der Waals surface area (Å²) < 4.78 is 16.0. The van der Waals surface area contributed by atoms with Crippen LogP contribution in [0.5, 0.6) is 5.75 Å². The first kappa shape index (κ1) is 30.2. The van der Waals surface area contributed by atoms with Crippen molar-refractivity contribution in [3.63, 3.8) is 0 Å². The number of benzene rings is 2. The van der Waals surface area contributed by atoms with Crippen LogP contribution in [-0.2, 0) is 31.9 Å². The predicted octanol–water partition coefficient (Wildman–Crippen LogP) is 6.52. The summed E-state index contributed by atoms with van der Waals surface area (Å²) in [5, 5.41) is 0. The van der Waals surface area contributed by atoms with E-state index in [4.69, 9.17) is 14.2 Å². The van der Waals surface area contributed by atoms with Crippen molar-refractivity contribution in [2.24, 2.45) is 5.92 Å². The van der Waals surface area contributed by atoms with Crippen LogP contribution in [0.15, 0.2) is 54.6 Å². The lowest BCUT2D eigenvalue weighted by molar-refractivity contribution is -0.158. The number of hydrogen-bond donors (Lipinski definition) is 0. The van der Waals surface area contributed by atoms with E-state index < -0.39 is 23.6 Å². The molecule has 212 valence electrons. The minimum atomic E-state index is -0.642. The van der Waals surface area contributed by atoms with Gasteiger partial charge in [-0.2, -0.15) is 0 Å². The minimum absolute atomic E-state index is 0.0462. The molecule has 1 fully saturated rings. The molecule has 1 aliphatic rings. The molecular weight excluding hydrogens is 494 g/mol. The molecule has 1 heterocycles. The van der Waals surface area contributed by atoms with Gasteiger partial charge in [-0.15, -0.1) is 0 Å². The molecule has 0 bridgehead atoms. The number of unbranched alkanes of at least 4 members (excludes halogenated alkanes) is 4. The lowest BCUT2D eigenvalue weighted by Crippen LogP contribution is -2.44. The second kappa shape index (κ2) is 14.7. The summed E-state index contributed by atoms with van der Waals surface area (Å²) in [5.74, 6) is -0.526. The molecular formula is C32H43NO6. The number of aryl methyl sites for hydroxylation is 1. The number of nitrogens with zero attached hydrogens (tertiary/aromatic N) is 1. The molecule has 0 aromatic heterocycles. The van der Waals surface area contributed by atoms with E-state index in [-0.39, 0.29) is 25.0 Å². The number of hydrogen-bond acceptors (Lipinski definition) is 6. The molecule has 0 unspecified atom stereocenters. The van der Waals surface area contributed by atoms with E-state index >= 15 is 0 Å². The van der Waals surface area contributed by atoms with Crippen molar-refractivity contribution in [2.75, 3.05) is 13.7 Å². The minimum Gasteiger partial charge on any atom is -0.497 e. The van der Waals surface area contributed by atoms with Crippen LogP contribution in [-0.4, -0.2) is 48.2 Å². The molecule has 1 aliphatic heterocycles. The zero-order chi connectivity index (χ0) is 28.3. The number of imide groups is 1. The SMILES string of the molecule is COc1ccc(CCCCCCC[C@H](CC(=O)OC(C)(C)C)C(=O)N2C(=O)OC[C@@H]2Cc2ccccc2)cc1. The Kier molecular flexibility index (Phi) is 11.4. The highest BCUT2D eigenvalue weighted by Crippen LogP contribution is 2.26. The van der Waals surface area contributed by atoms with Crippen LogP contribution >= 0.6 is 0 Å². The molecule has 3 rings (SSSR count). The number of ether oxygens (including phenoxy) is 3. The van der Waals surface area contributed by atoms with Crippen molar-refractivity contribution in [2.45, 2.75) is 90.2 Å².